The predicted molar refractivity (Wildman–Crippen MR) is 148 cm³/mol. The van der Waals surface area contributed by atoms with E-state index in [-0.39, 0.29) is 42.3 Å². The molecule has 1 aromatic carbocycles. The Labute approximate surface area is 239 Å². The SMILES string of the molecule is CCCN(NC(=O)[C@H]1CCCN1C(=O)[C@@H](NC(=O)[C@@H](NC(C)=O)C(C)C)C(C)C)C(=O)Oc1ccc([N+](=O)[O-])cc1. The van der Waals surface area contributed by atoms with Crippen LogP contribution in [0.2, 0.25) is 0 Å². The van der Waals surface area contributed by atoms with E-state index in [2.05, 4.69) is 16.1 Å². The molecule has 0 aromatic heterocycles. The fourth-order valence-electron chi connectivity index (χ4n) is 4.41. The standard InChI is InChI=1S/C27H40N6O8/c1-7-14-32(27(38)41-20-12-10-19(11-13-20)33(39)40)30-24(35)21-9-8-15-31(21)26(37)23(17(4)5)29-25(36)22(16(2)3)28-18(6)34/h10-13,16-17,21-23H,7-9,14-15H2,1-6H3,(H,28,34)(H,29,36)(H,30,35)/t21-,22+,23+/m1/s1. The summed E-state index contributed by atoms with van der Waals surface area (Å²) in [6, 6.07) is 2.27. The van der Waals surface area contributed by atoms with Gasteiger partial charge in [0.2, 0.25) is 17.7 Å². The van der Waals surface area contributed by atoms with Crippen LogP contribution in [0.1, 0.15) is 60.8 Å². The van der Waals surface area contributed by atoms with Crippen molar-refractivity contribution in [3.8, 4) is 5.75 Å². The number of carbonyl (C=O) groups is 5. The van der Waals surface area contributed by atoms with Gasteiger partial charge in [0.25, 0.3) is 11.6 Å². The maximum Gasteiger partial charge on any atom is 0.434 e. The van der Waals surface area contributed by atoms with Crippen molar-refractivity contribution in [3.05, 3.63) is 34.4 Å². The summed E-state index contributed by atoms with van der Waals surface area (Å²) >= 11 is 0. The lowest BCUT2D eigenvalue weighted by Crippen LogP contribution is -2.60. The van der Waals surface area contributed by atoms with Crippen molar-refractivity contribution >= 4 is 35.4 Å². The molecule has 5 amide bonds. The second-order valence-electron chi connectivity index (χ2n) is 10.6. The highest BCUT2D eigenvalue weighted by atomic mass is 16.6. The summed E-state index contributed by atoms with van der Waals surface area (Å²) < 4.78 is 5.28. The smallest absolute Gasteiger partial charge is 0.409 e. The number of amides is 5. The van der Waals surface area contributed by atoms with Gasteiger partial charge in [0.15, 0.2) is 0 Å². The minimum absolute atomic E-state index is 0.0584. The van der Waals surface area contributed by atoms with Crippen molar-refractivity contribution in [2.24, 2.45) is 11.8 Å². The lowest BCUT2D eigenvalue weighted by atomic mass is 9.99. The van der Waals surface area contributed by atoms with Crippen molar-refractivity contribution in [1.82, 2.24) is 26.0 Å². The lowest BCUT2D eigenvalue weighted by Gasteiger charge is -2.33. The fourth-order valence-corrected chi connectivity index (χ4v) is 4.41. The van der Waals surface area contributed by atoms with E-state index in [1.54, 1.807) is 34.6 Å². The maximum absolute atomic E-state index is 13.6. The number of hydrogen-bond donors (Lipinski definition) is 3. The largest absolute Gasteiger partial charge is 0.434 e. The van der Waals surface area contributed by atoms with E-state index < -0.39 is 46.9 Å². The molecule has 14 heteroatoms. The Morgan fingerprint density at radius 3 is 2.17 bits per heavy atom. The highest BCUT2D eigenvalue weighted by molar-refractivity contribution is 5.95. The summed E-state index contributed by atoms with van der Waals surface area (Å²) in [6.07, 6.45) is 0.489. The number of ether oxygens (including phenoxy) is 1. The Hall–Kier alpha value is -4.23. The zero-order chi connectivity index (χ0) is 30.9. The topological polar surface area (TPSA) is 180 Å². The van der Waals surface area contributed by atoms with Gasteiger partial charge in [-0.1, -0.05) is 34.6 Å². The first-order valence-electron chi connectivity index (χ1n) is 13.7. The van der Waals surface area contributed by atoms with E-state index in [4.69, 9.17) is 4.74 Å². The molecule has 0 radical (unpaired) electrons. The number of nitrogens with zero attached hydrogens (tertiary/aromatic N) is 3. The van der Waals surface area contributed by atoms with Gasteiger partial charge in [0, 0.05) is 32.1 Å². The van der Waals surface area contributed by atoms with E-state index in [9.17, 15) is 34.1 Å². The van der Waals surface area contributed by atoms with Gasteiger partial charge in [-0.05, 0) is 43.2 Å². The first-order valence-corrected chi connectivity index (χ1v) is 13.7. The van der Waals surface area contributed by atoms with Gasteiger partial charge in [-0.25, -0.2) is 9.80 Å². The van der Waals surface area contributed by atoms with E-state index in [1.165, 1.54) is 36.1 Å². The fraction of sp³-hybridized carbons (Fsp3) is 0.593. The summed E-state index contributed by atoms with van der Waals surface area (Å²) in [5.41, 5.74) is 2.37. The summed E-state index contributed by atoms with van der Waals surface area (Å²) in [5.74, 6) is -2.36. The molecule has 1 aliphatic rings. The maximum atomic E-state index is 13.6. The Balaban J connectivity index is 2.14. The first kappa shape index (κ1) is 33.0. The van der Waals surface area contributed by atoms with Crippen LogP contribution >= 0.6 is 0 Å². The Kier molecular flexibility index (Phi) is 12.0. The molecule has 3 atom stereocenters. The molecule has 0 aliphatic carbocycles. The Morgan fingerprint density at radius 1 is 1.05 bits per heavy atom. The third-order valence-corrected chi connectivity index (χ3v) is 6.54. The molecule has 0 unspecified atom stereocenters. The van der Waals surface area contributed by atoms with Crippen molar-refractivity contribution in [2.75, 3.05) is 13.1 Å². The molecular weight excluding hydrogens is 536 g/mol. The van der Waals surface area contributed by atoms with E-state index in [1.807, 2.05) is 0 Å². The van der Waals surface area contributed by atoms with E-state index >= 15 is 0 Å². The molecule has 14 nitrogen and oxygen atoms in total. The van der Waals surface area contributed by atoms with Gasteiger partial charge >= 0.3 is 6.09 Å². The highest BCUT2D eigenvalue weighted by Crippen LogP contribution is 2.22. The molecule has 1 saturated heterocycles. The molecule has 1 aromatic rings. The molecular formula is C27H40N6O8. The molecule has 1 aliphatic heterocycles. The van der Waals surface area contributed by atoms with Crippen molar-refractivity contribution in [1.29, 1.82) is 0 Å². The van der Waals surface area contributed by atoms with Crippen LogP contribution in [0.5, 0.6) is 5.75 Å². The molecule has 226 valence electrons. The van der Waals surface area contributed by atoms with Gasteiger partial charge in [-0.2, -0.15) is 0 Å². The van der Waals surface area contributed by atoms with Crippen molar-refractivity contribution in [2.45, 2.75) is 78.9 Å². The Bertz CT molecular complexity index is 1120. The monoisotopic (exact) mass is 576 g/mol. The van der Waals surface area contributed by atoms with E-state index in [0.717, 1.165) is 5.01 Å². The summed E-state index contributed by atoms with van der Waals surface area (Å²) in [6.45, 7) is 10.6. The number of nitro groups is 1. The lowest BCUT2D eigenvalue weighted by molar-refractivity contribution is -0.384. The van der Waals surface area contributed by atoms with Gasteiger partial charge in [0.1, 0.15) is 23.9 Å². The van der Waals surface area contributed by atoms with Gasteiger partial charge < -0.3 is 20.3 Å². The molecule has 1 heterocycles. The number of nitro benzene ring substituents is 1. The number of non-ortho nitro benzene ring substituents is 1. The molecule has 2 rings (SSSR count). The van der Waals surface area contributed by atoms with Crippen molar-refractivity contribution in [3.63, 3.8) is 0 Å². The summed E-state index contributed by atoms with van der Waals surface area (Å²) in [5, 5.41) is 17.2. The quantitative estimate of drug-likeness (QED) is 0.265. The molecule has 0 spiro atoms. The number of benzene rings is 1. The van der Waals surface area contributed by atoms with Gasteiger partial charge in [-0.15, -0.1) is 0 Å². The van der Waals surface area contributed by atoms with Crippen molar-refractivity contribution < 1.29 is 33.6 Å². The van der Waals surface area contributed by atoms with Crippen LogP contribution in [0.25, 0.3) is 0 Å². The van der Waals surface area contributed by atoms with Crippen LogP contribution in [0.4, 0.5) is 10.5 Å². The normalized spacial score (nSPS) is 16.1. The molecule has 3 N–H and O–H groups in total. The second-order valence-corrected chi connectivity index (χ2v) is 10.6. The summed E-state index contributed by atoms with van der Waals surface area (Å²) in [4.78, 5) is 76.0. The Morgan fingerprint density at radius 2 is 1.66 bits per heavy atom. The number of likely N-dealkylation sites (tertiary alicyclic amines) is 1. The number of rotatable bonds is 11. The van der Waals surface area contributed by atoms with Gasteiger partial charge in [-0.3, -0.25) is 34.7 Å². The van der Waals surface area contributed by atoms with Crippen LogP contribution in [0, 0.1) is 22.0 Å². The van der Waals surface area contributed by atoms with Crippen LogP contribution in [-0.4, -0.2) is 75.8 Å². The molecule has 0 bridgehead atoms. The highest BCUT2D eigenvalue weighted by Gasteiger charge is 2.40. The second kappa shape index (κ2) is 15.0. The minimum atomic E-state index is -0.940. The number of carbonyl (C=O) groups excluding carboxylic acids is 5. The average Bonchev–Trinajstić information content (AvgIpc) is 3.39. The molecule has 41 heavy (non-hydrogen) atoms. The zero-order valence-electron chi connectivity index (χ0n) is 24.3. The zero-order valence-corrected chi connectivity index (χ0v) is 24.3. The first-order chi connectivity index (χ1) is 19.3. The third kappa shape index (κ3) is 9.15. The average molecular weight is 577 g/mol. The van der Waals surface area contributed by atoms with Crippen LogP contribution in [0.3, 0.4) is 0 Å². The van der Waals surface area contributed by atoms with Crippen LogP contribution < -0.4 is 20.8 Å². The summed E-state index contributed by atoms with van der Waals surface area (Å²) in [7, 11) is 0. The third-order valence-electron chi connectivity index (χ3n) is 6.54. The van der Waals surface area contributed by atoms with Gasteiger partial charge in [0.05, 0.1) is 4.92 Å². The van der Waals surface area contributed by atoms with E-state index in [0.29, 0.717) is 19.3 Å². The predicted octanol–water partition coefficient (Wildman–Crippen LogP) is 2.13. The number of nitrogens with one attached hydrogen (secondary N) is 3. The van der Waals surface area contributed by atoms with Crippen LogP contribution in [0.15, 0.2) is 24.3 Å². The minimum Gasteiger partial charge on any atom is -0.409 e. The molecule has 0 saturated carbocycles. The molecule has 1 fully saturated rings. The number of hydrogen-bond acceptors (Lipinski definition) is 8. The van der Waals surface area contributed by atoms with Crippen LogP contribution in [-0.2, 0) is 19.2 Å². The number of hydrazine groups is 1.